The van der Waals surface area contributed by atoms with Crippen LogP contribution in [0.15, 0.2) is 15.9 Å². The molecule has 1 aromatic rings. The van der Waals surface area contributed by atoms with Crippen LogP contribution in [0.3, 0.4) is 0 Å². The SMILES string of the molecule is CCC1(CC)CCN(C(c2cc(Br)cs2)C(C)N)C1. The van der Waals surface area contributed by atoms with Crippen molar-refractivity contribution >= 4 is 27.3 Å². The van der Waals surface area contributed by atoms with E-state index in [2.05, 4.69) is 53.0 Å². The molecule has 0 bridgehead atoms. The minimum Gasteiger partial charge on any atom is -0.326 e. The zero-order valence-corrected chi connectivity index (χ0v) is 14.6. The highest BCUT2D eigenvalue weighted by molar-refractivity contribution is 9.10. The Bertz CT molecular complexity index is 412. The number of likely N-dealkylation sites (tertiary alicyclic amines) is 1. The summed E-state index contributed by atoms with van der Waals surface area (Å²) in [7, 11) is 0. The molecule has 108 valence electrons. The summed E-state index contributed by atoms with van der Waals surface area (Å²) in [5.74, 6) is 0. The Hall–Kier alpha value is 0.1000. The number of hydrogen-bond donors (Lipinski definition) is 1. The lowest BCUT2D eigenvalue weighted by Crippen LogP contribution is -2.39. The fourth-order valence-electron chi connectivity index (χ4n) is 3.29. The predicted molar refractivity (Wildman–Crippen MR) is 87.6 cm³/mol. The molecule has 2 unspecified atom stereocenters. The molecule has 2 heterocycles. The molecule has 0 spiro atoms. The molecule has 2 atom stereocenters. The monoisotopic (exact) mass is 344 g/mol. The minimum atomic E-state index is 0.176. The maximum absolute atomic E-state index is 6.28. The van der Waals surface area contributed by atoms with Gasteiger partial charge in [-0.05, 0) is 60.1 Å². The van der Waals surface area contributed by atoms with Gasteiger partial charge in [0.15, 0.2) is 0 Å². The van der Waals surface area contributed by atoms with E-state index >= 15 is 0 Å². The van der Waals surface area contributed by atoms with Crippen LogP contribution in [0.1, 0.15) is 51.0 Å². The highest BCUT2D eigenvalue weighted by atomic mass is 79.9. The third-order valence-corrected chi connectivity index (χ3v) is 6.50. The molecule has 0 radical (unpaired) electrons. The molecule has 1 aliphatic rings. The lowest BCUT2D eigenvalue weighted by Gasteiger charge is -2.33. The van der Waals surface area contributed by atoms with E-state index in [9.17, 15) is 0 Å². The van der Waals surface area contributed by atoms with Crippen LogP contribution in [0.2, 0.25) is 0 Å². The summed E-state index contributed by atoms with van der Waals surface area (Å²) in [5.41, 5.74) is 6.79. The van der Waals surface area contributed by atoms with Crippen molar-refractivity contribution in [2.24, 2.45) is 11.1 Å². The van der Waals surface area contributed by atoms with Crippen LogP contribution in [-0.4, -0.2) is 24.0 Å². The Labute approximate surface area is 129 Å². The first-order valence-corrected chi connectivity index (χ1v) is 8.92. The zero-order valence-electron chi connectivity index (χ0n) is 12.2. The van der Waals surface area contributed by atoms with Crippen LogP contribution in [0.4, 0.5) is 0 Å². The number of nitrogens with zero attached hydrogens (tertiary/aromatic N) is 1. The first-order chi connectivity index (χ1) is 9.01. The van der Waals surface area contributed by atoms with E-state index in [1.165, 1.54) is 41.7 Å². The standard InChI is InChI=1S/C15H25BrN2S/c1-4-15(5-2)6-7-18(10-15)14(11(3)17)13-8-12(16)9-19-13/h8-9,11,14H,4-7,10,17H2,1-3H3. The van der Waals surface area contributed by atoms with Gasteiger partial charge in [0, 0.05) is 27.3 Å². The van der Waals surface area contributed by atoms with Crippen molar-refractivity contribution in [2.45, 2.75) is 52.1 Å². The van der Waals surface area contributed by atoms with Gasteiger partial charge < -0.3 is 5.73 Å². The number of rotatable bonds is 5. The summed E-state index contributed by atoms with van der Waals surface area (Å²) >= 11 is 5.38. The summed E-state index contributed by atoms with van der Waals surface area (Å²) in [6, 6.07) is 2.78. The third kappa shape index (κ3) is 3.23. The van der Waals surface area contributed by atoms with E-state index in [1.807, 2.05) is 11.3 Å². The van der Waals surface area contributed by atoms with Gasteiger partial charge in [0.2, 0.25) is 0 Å². The van der Waals surface area contributed by atoms with E-state index in [-0.39, 0.29) is 6.04 Å². The maximum atomic E-state index is 6.28. The molecule has 1 fully saturated rings. The lowest BCUT2D eigenvalue weighted by molar-refractivity contribution is 0.180. The Morgan fingerprint density at radius 3 is 2.58 bits per heavy atom. The van der Waals surface area contributed by atoms with E-state index < -0.39 is 0 Å². The normalized spacial score (nSPS) is 22.6. The van der Waals surface area contributed by atoms with Crippen molar-refractivity contribution in [3.8, 4) is 0 Å². The molecule has 4 heteroatoms. The largest absolute Gasteiger partial charge is 0.326 e. The Kier molecular flexibility index (Phi) is 5.09. The molecule has 2 N–H and O–H groups in total. The van der Waals surface area contributed by atoms with Gasteiger partial charge in [-0.1, -0.05) is 13.8 Å². The van der Waals surface area contributed by atoms with Crippen LogP contribution >= 0.6 is 27.3 Å². The van der Waals surface area contributed by atoms with Crippen molar-refractivity contribution in [3.63, 3.8) is 0 Å². The highest BCUT2D eigenvalue weighted by Crippen LogP contribution is 2.42. The molecule has 2 rings (SSSR count). The van der Waals surface area contributed by atoms with Gasteiger partial charge in [0.25, 0.3) is 0 Å². The van der Waals surface area contributed by atoms with Gasteiger partial charge in [-0.15, -0.1) is 11.3 Å². The highest BCUT2D eigenvalue weighted by Gasteiger charge is 2.39. The van der Waals surface area contributed by atoms with Gasteiger partial charge in [0.1, 0.15) is 0 Å². The number of hydrogen-bond acceptors (Lipinski definition) is 3. The van der Waals surface area contributed by atoms with E-state index in [1.54, 1.807) is 0 Å². The quantitative estimate of drug-likeness (QED) is 0.856. The van der Waals surface area contributed by atoms with E-state index in [0.29, 0.717) is 11.5 Å². The molecule has 1 saturated heterocycles. The number of thiophene rings is 1. The van der Waals surface area contributed by atoms with Gasteiger partial charge in [-0.2, -0.15) is 0 Å². The first-order valence-electron chi connectivity index (χ1n) is 7.25. The van der Waals surface area contributed by atoms with Crippen molar-refractivity contribution in [3.05, 3.63) is 20.8 Å². The molecule has 0 aromatic carbocycles. The van der Waals surface area contributed by atoms with Crippen molar-refractivity contribution in [2.75, 3.05) is 13.1 Å². The van der Waals surface area contributed by atoms with Gasteiger partial charge >= 0.3 is 0 Å². The average Bonchev–Trinajstić information content (AvgIpc) is 2.97. The average molecular weight is 345 g/mol. The second-order valence-electron chi connectivity index (χ2n) is 5.90. The summed E-state index contributed by atoms with van der Waals surface area (Å²) in [6.45, 7) is 9.17. The topological polar surface area (TPSA) is 29.3 Å². The molecule has 2 nitrogen and oxygen atoms in total. The molecular formula is C15H25BrN2S. The van der Waals surface area contributed by atoms with E-state index in [0.717, 1.165) is 0 Å². The number of halogens is 1. The third-order valence-electron chi connectivity index (χ3n) is 4.74. The lowest BCUT2D eigenvalue weighted by atomic mass is 9.82. The Morgan fingerprint density at radius 1 is 1.47 bits per heavy atom. The molecule has 0 aliphatic carbocycles. The molecule has 1 aromatic heterocycles. The van der Waals surface area contributed by atoms with Crippen LogP contribution in [0, 0.1) is 5.41 Å². The van der Waals surface area contributed by atoms with Gasteiger partial charge in [-0.3, -0.25) is 4.90 Å². The second-order valence-corrected chi connectivity index (χ2v) is 7.76. The fourth-order valence-corrected chi connectivity index (χ4v) is 4.98. The van der Waals surface area contributed by atoms with Crippen molar-refractivity contribution in [1.82, 2.24) is 4.90 Å². The van der Waals surface area contributed by atoms with Crippen LogP contribution in [0.25, 0.3) is 0 Å². The molecule has 1 aliphatic heterocycles. The molecule has 0 saturated carbocycles. The number of nitrogens with two attached hydrogens (primary N) is 1. The van der Waals surface area contributed by atoms with Crippen LogP contribution in [-0.2, 0) is 0 Å². The van der Waals surface area contributed by atoms with Crippen LogP contribution in [0.5, 0.6) is 0 Å². The first kappa shape index (κ1) is 15.5. The minimum absolute atomic E-state index is 0.176. The van der Waals surface area contributed by atoms with Gasteiger partial charge in [0.05, 0.1) is 6.04 Å². The van der Waals surface area contributed by atoms with Crippen molar-refractivity contribution in [1.29, 1.82) is 0 Å². The summed E-state index contributed by atoms with van der Waals surface area (Å²) in [6.07, 6.45) is 3.87. The maximum Gasteiger partial charge on any atom is 0.0591 e. The van der Waals surface area contributed by atoms with Gasteiger partial charge in [-0.25, -0.2) is 0 Å². The summed E-state index contributed by atoms with van der Waals surface area (Å²) in [4.78, 5) is 4.00. The Morgan fingerprint density at radius 2 is 2.16 bits per heavy atom. The molecule has 19 heavy (non-hydrogen) atoms. The summed E-state index contributed by atoms with van der Waals surface area (Å²) in [5, 5.41) is 2.16. The second kappa shape index (κ2) is 6.25. The zero-order chi connectivity index (χ0) is 14.0. The molecule has 0 amide bonds. The van der Waals surface area contributed by atoms with Crippen LogP contribution < -0.4 is 5.73 Å². The molecular weight excluding hydrogens is 320 g/mol. The summed E-state index contributed by atoms with van der Waals surface area (Å²) < 4.78 is 1.18. The van der Waals surface area contributed by atoms with Crippen molar-refractivity contribution < 1.29 is 0 Å². The fraction of sp³-hybridized carbons (Fsp3) is 0.733. The predicted octanol–water partition coefficient (Wildman–Crippen LogP) is 4.41. The van der Waals surface area contributed by atoms with E-state index in [4.69, 9.17) is 5.73 Å². The Balaban J connectivity index is 2.18. The smallest absolute Gasteiger partial charge is 0.0591 e.